The third-order valence-electron chi connectivity index (χ3n) is 2.78. The summed E-state index contributed by atoms with van der Waals surface area (Å²) in [7, 11) is 3.55. The Hall–Kier alpha value is -1.69. The predicted molar refractivity (Wildman–Crippen MR) is 60.5 cm³/mol. The van der Waals surface area contributed by atoms with Crippen molar-refractivity contribution in [3.8, 4) is 0 Å². The summed E-state index contributed by atoms with van der Waals surface area (Å²) in [6.45, 7) is 1.94. The van der Waals surface area contributed by atoms with Crippen LogP contribution in [0.1, 0.15) is 10.5 Å². The number of nitrogens with zero attached hydrogens (tertiary/aromatic N) is 3. The van der Waals surface area contributed by atoms with E-state index in [-0.39, 0.29) is 5.91 Å². The minimum absolute atomic E-state index is 0.216. The lowest BCUT2D eigenvalue weighted by Crippen LogP contribution is -2.56. The molecule has 1 fully saturated rings. The van der Waals surface area contributed by atoms with Crippen LogP contribution < -0.4 is 15.5 Å². The zero-order chi connectivity index (χ0) is 11.5. The molecule has 0 radical (unpaired) electrons. The van der Waals surface area contributed by atoms with E-state index in [1.807, 2.05) is 13.1 Å². The van der Waals surface area contributed by atoms with Crippen molar-refractivity contribution in [1.82, 2.24) is 20.8 Å². The molecule has 2 N–H and O–H groups in total. The number of aromatic nitrogens is 2. The molecule has 0 saturated carbocycles. The molecule has 0 atom stereocenters. The summed E-state index contributed by atoms with van der Waals surface area (Å²) in [5.74, 6) is 0.575. The van der Waals surface area contributed by atoms with Crippen LogP contribution in [0.25, 0.3) is 0 Å². The number of carbonyl (C=O) groups is 1. The van der Waals surface area contributed by atoms with Crippen LogP contribution in [0.3, 0.4) is 0 Å². The average molecular weight is 221 g/mol. The first-order valence-electron chi connectivity index (χ1n) is 5.21. The van der Waals surface area contributed by atoms with Gasteiger partial charge >= 0.3 is 0 Å². The molecule has 2 rings (SSSR count). The standard InChI is InChI=1S/C10H15N5O/c1-11-10(16)8-3-4-9(14-13-8)15(2)7-5-12-6-7/h3-4,7,12H,5-6H2,1-2H3,(H,11,16). The molecule has 1 aliphatic heterocycles. The number of hydrogen-bond acceptors (Lipinski definition) is 5. The Kier molecular flexibility index (Phi) is 3.00. The van der Waals surface area contributed by atoms with Crippen LogP contribution in [0.5, 0.6) is 0 Å². The Bertz CT molecular complexity index is 373. The highest BCUT2D eigenvalue weighted by Gasteiger charge is 2.22. The van der Waals surface area contributed by atoms with E-state index in [1.165, 1.54) is 0 Å². The smallest absolute Gasteiger partial charge is 0.271 e. The Morgan fingerprint density at radius 2 is 2.25 bits per heavy atom. The van der Waals surface area contributed by atoms with Crippen molar-refractivity contribution in [3.63, 3.8) is 0 Å². The molecule has 1 saturated heterocycles. The maximum atomic E-state index is 11.3. The van der Waals surface area contributed by atoms with E-state index in [0.717, 1.165) is 18.9 Å². The molecule has 16 heavy (non-hydrogen) atoms. The fourth-order valence-electron chi connectivity index (χ4n) is 1.50. The monoisotopic (exact) mass is 221 g/mol. The zero-order valence-electron chi connectivity index (χ0n) is 9.40. The van der Waals surface area contributed by atoms with Gasteiger partial charge in [-0.2, -0.15) is 0 Å². The second-order valence-corrected chi connectivity index (χ2v) is 3.78. The summed E-state index contributed by atoms with van der Waals surface area (Å²) in [5, 5.41) is 13.6. The first-order valence-corrected chi connectivity index (χ1v) is 5.21. The summed E-state index contributed by atoms with van der Waals surface area (Å²) in [5.41, 5.74) is 0.339. The molecule has 0 aliphatic carbocycles. The SMILES string of the molecule is CNC(=O)c1ccc(N(C)C2CNC2)nn1. The number of hydrogen-bond donors (Lipinski definition) is 2. The van der Waals surface area contributed by atoms with E-state index >= 15 is 0 Å². The lowest BCUT2D eigenvalue weighted by Gasteiger charge is -2.36. The molecule has 6 nitrogen and oxygen atoms in total. The lowest BCUT2D eigenvalue weighted by atomic mass is 10.1. The zero-order valence-corrected chi connectivity index (χ0v) is 9.40. The molecule has 86 valence electrons. The van der Waals surface area contributed by atoms with Crippen molar-refractivity contribution in [2.75, 3.05) is 32.1 Å². The molecule has 1 aliphatic rings. The quantitative estimate of drug-likeness (QED) is 0.702. The van der Waals surface area contributed by atoms with Crippen molar-refractivity contribution in [3.05, 3.63) is 17.8 Å². The van der Waals surface area contributed by atoms with Gasteiger partial charge in [-0.25, -0.2) is 0 Å². The van der Waals surface area contributed by atoms with Gasteiger partial charge in [0.2, 0.25) is 0 Å². The van der Waals surface area contributed by atoms with Crippen molar-refractivity contribution >= 4 is 11.7 Å². The van der Waals surface area contributed by atoms with Gasteiger partial charge in [-0.1, -0.05) is 0 Å². The molecular weight excluding hydrogens is 206 g/mol. The first kappa shape index (κ1) is 10.8. The van der Waals surface area contributed by atoms with Crippen LogP contribution in [-0.2, 0) is 0 Å². The van der Waals surface area contributed by atoms with Gasteiger partial charge in [0, 0.05) is 27.2 Å². The lowest BCUT2D eigenvalue weighted by molar-refractivity contribution is 0.0957. The highest BCUT2D eigenvalue weighted by atomic mass is 16.1. The van der Waals surface area contributed by atoms with Crippen LogP contribution in [-0.4, -0.2) is 49.3 Å². The molecule has 0 aromatic carbocycles. The van der Waals surface area contributed by atoms with Crippen LogP contribution in [0, 0.1) is 0 Å². The molecule has 0 spiro atoms. The number of anilines is 1. The second-order valence-electron chi connectivity index (χ2n) is 3.78. The van der Waals surface area contributed by atoms with Gasteiger partial charge in [0.05, 0.1) is 6.04 Å². The summed E-state index contributed by atoms with van der Waals surface area (Å²) >= 11 is 0. The fourth-order valence-corrected chi connectivity index (χ4v) is 1.50. The van der Waals surface area contributed by atoms with Gasteiger partial charge in [-0.3, -0.25) is 4.79 Å². The average Bonchev–Trinajstić information content (AvgIpc) is 2.26. The van der Waals surface area contributed by atoms with E-state index in [2.05, 4.69) is 25.7 Å². The van der Waals surface area contributed by atoms with E-state index < -0.39 is 0 Å². The van der Waals surface area contributed by atoms with E-state index in [9.17, 15) is 4.79 Å². The summed E-state index contributed by atoms with van der Waals surface area (Å²) in [6.07, 6.45) is 0. The molecule has 0 bridgehead atoms. The second kappa shape index (κ2) is 4.44. The van der Waals surface area contributed by atoms with Gasteiger partial charge in [0.1, 0.15) is 0 Å². The van der Waals surface area contributed by atoms with Crippen molar-refractivity contribution in [2.45, 2.75) is 6.04 Å². The first-order chi connectivity index (χ1) is 7.72. The van der Waals surface area contributed by atoms with Crippen LogP contribution in [0.4, 0.5) is 5.82 Å². The van der Waals surface area contributed by atoms with Gasteiger partial charge < -0.3 is 15.5 Å². The van der Waals surface area contributed by atoms with Gasteiger partial charge in [0.25, 0.3) is 5.91 Å². The molecule has 1 aromatic rings. The maximum Gasteiger partial charge on any atom is 0.271 e. The molecule has 2 heterocycles. The topological polar surface area (TPSA) is 70.2 Å². The maximum absolute atomic E-state index is 11.3. The number of amides is 1. The third kappa shape index (κ3) is 1.96. The summed E-state index contributed by atoms with van der Waals surface area (Å²) < 4.78 is 0. The highest BCUT2D eigenvalue weighted by molar-refractivity contribution is 5.91. The van der Waals surface area contributed by atoms with Crippen LogP contribution in [0.2, 0.25) is 0 Å². The van der Waals surface area contributed by atoms with Gasteiger partial charge in [-0.05, 0) is 12.1 Å². The Labute approximate surface area is 94.0 Å². The largest absolute Gasteiger partial charge is 0.354 e. The highest BCUT2D eigenvalue weighted by Crippen LogP contribution is 2.13. The number of rotatable bonds is 3. The van der Waals surface area contributed by atoms with Crippen molar-refractivity contribution < 1.29 is 4.79 Å². The predicted octanol–water partition coefficient (Wildman–Crippen LogP) is -0.756. The molecule has 1 aromatic heterocycles. The number of likely N-dealkylation sites (N-methyl/N-ethyl adjacent to an activating group) is 1. The molecule has 1 amide bonds. The van der Waals surface area contributed by atoms with Gasteiger partial charge in [-0.15, -0.1) is 10.2 Å². The van der Waals surface area contributed by atoms with Crippen LogP contribution in [0.15, 0.2) is 12.1 Å². The number of nitrogens with one attached hydrogen (secondary N) is 2. The van der Waals surface area contributed by atoms with E-state index in [4.69, 9.17) is 0 Å². The third-order valence-corrected chi connectivity index (χ3v) is 2.78. The van der Waals surface area contributed by atoms with Crippen molar-refractivity contribution in [1.29, 1.82) is 0 Å². The summed E-state index contributed by atoms with van der Waals surface area (Å²) in [4.78, 5) is 13.3. The molecule has 0 unspecified atom stereocenters. The normalized spacial score (nSPS) is 15.4. The Morgan fingerprint density at radius 3 is 2.69 bits per heavy atom. The molecule has 6 heteroatoms. The number of carbonyl (C=O) groups excluding carboxylic acids is 1. The summed E-state index contributed by atoms with van der Waals surface area (Å²) in [6, 6.07) is 3.97. The Balaban J connectivity index is 2.09. The van der Waals surface area contributed by atoms with E-state index in [0.29, 0.717) is 11.7 Å². The Morgan fingerprint density at radius 1 is 1.50 bits per heavy atom. The van der Waals surface area contributed by atoms with Crippen molar-refractivity contribution in [2.24, 2.45) is 0 Å². The minimum atomic E-state index is -0.216. The van der Waals surface area contributed by atoms with Crippen LogP contribution >= 0.6 is 0 Å². The molecular formula is C10H15N5O. The van der Waals surface area contributed by atoms with Gasteiger partial charge in [0.15, 0.2) is 11.5 Å². The minimum Gasteiger partial charge on any atom is -0.354 e. The van der Waals surface area contributed by atoms with E-state index in [1.54, 1.807) is 13.1 Å². The fraction of sp³-hybridized carbons (Fsp3) is 0.500.